The van der Waals surface area contributed by atoms with Crippen LogP contribution in [0.3, 0.4) is 0 Å². The highest BCUT2D eigenvalue weighted by molar-refractivity contribution is 5.23. The van der Waals surface area contributed by atoms with Gasteiger partial charge in [-0.25, -0.2) is 4.39 Å². The Hall–Kier alpha value is -1.13. The molecule has 1 aromatic carbocycles. The van der Waals surface area contributed by atoms with E-state index in [1.165, 1.54) is 12.1 Å². The van der Waals surface area contributed by atoms with E-state index in [0.29, 0.717) is 6.42 Å². The van der Waals surface area contributed by atoms with E-state index < -0.39 is 5.82 Å². The predicted octanol–water partition coefficient (Wildman–Crippen LogP) is 1.20. The molecular weight excluding hydrogens is 199 g/mol. The molecule has 2 N–H and O–H groups in total. The molecule has 0 amide bonds. The molecule has 0 aliphatic carbocycles. The maximum absolute atomic E-state index is 13.1. The van der Waals surface area contributed by atoms with Crippen molar-refractivity contribution in [3.8, 4) is 5.75 Å². The van der Waals surface area contributed by atoms with Gasteiger partial charge < -0.3 is 14.9 Å². The highest BCUT2D eigenvalue weighted by Crippen LogP contribution is 2.16. The lowest BCUT2D eigenvalue weighted by atomic mass is 10.1. The number of halogens is 1. The number of ether oxygens (including phenoxy) is 1. The largest absolute Gasteiger partial charge is 0.490 e. The smallest absolute Gasteiger partial charge is 0.165 e. The third-order valence-electron chi connectivity index (χ3n) is 2.11. The van der Waals surface area contributed by atoms with Crippen molar-refractivity contribution in [3.63, 3.8) is 0 Å². The molecule has 0 saturated heterocycles. The topological polar surface area (TPSA) is 49.7 Å². The zero-order chi connectivity index (χ0) is 11.1. The molecule has 0 aromatic heterocycles. The van der Waals surface area contributed by atoms with Crippen LogP contribution in [0.4, 0.5) is 4.39 Å². The van der Waals surface area contributed by atoms with E-state index in [1.54, 1.807) is 12.1 Å². The van der Waals surface area contributed by atoms with Gasteiger partial charge in [-0.15, -0.1) is 0 Å². The minimum Gasteiger partial charge on any atom is -0.490 e. The average molecular weight is 214 g/mol. The van der Waals surface area contributed by atoms with E-state index in [0.717, 1.165) is 0 Å². The van der Waals surface area contributed by atoms with Crippen molar-refractivity contribution in [1.29, 1.82) is 0 Å². The van der Waals surface area contributed by atoms with Crippen LogP contribution in [-0.2, 0) is 0 Å². The molecule has 0 aliphatic rings. The van der Waals surface area contributed by atoms with Crippen molar-refractivity contribution in [2.24, 2.45) is 5.92 Å². The molecule has 0 aliphatic heterocycles. The maximum Gasteiger partial charge on any atom is 0.165 e. The first-order valence-corrected chi connectivity index (χ1v) is 4.87. The summed E-state index contributed by atoms with van der Waals surface area (Å²) in [4.78, 5) is 0. The lowest BCUT2D eigenvalue weighted by molar-refractivity contribution is 0.132. The number of para-hydroxylation sites is 1. The number of hydrogen-bond acceptors (Lipinski definition) is 3. The molecular formula is C11H15FO3. The van der Waals surface area contributed by atoms with Crippen LogP contribution in [0.25, 0.3) is 0 Å². The molecule has 1 atom stereocenters. The Bertz CT molecular complexity index is 291. The maximum atomic E-state index is 13.1. The fourth-order valence-corrected chi connectivity index (χ4v) is 1.18. The number of aliphatic hydroxyl groups excluding tert-OH is 2. The van der Waals surface area contributed by atoms with Crippen molar-refractivity contribution in [2.45, 2.75) is 6.42 Å². The van der Waals surface area contributed by atoms with E-state index in [-0.39, 0.29) is 31.5 Å². The van der Waals surface area contributed by atoms with E-state index in [9.17, 15) is 4.39 Å². The third kappa shape index (κ3) is 3.85. The Morgan fingerprint density at radius 3 is 2.60 bits per heavy atom. The van der Waals surface area contributed by atoms with Crippen molar-refractivity contribution >= 4 is 0 Å². The van der Waals surface area contributed by atoms with Crippen LogP contribution < -0.4 is 4.74 Å². The van der Waals surface area contributed by atoms with Crippen LogP contribution in [0.2, 0.25) is 0 Å². The van der Waals surface area contributed by atoms with E-state index in [2.05, 4.69) is 0 Å². The summed E-state index contributed by atoms with van der Waals surface area (Å²) in [5.41, 5.74) is 0. The Morgan fingerprint density at radius 2 is 2.00 bits per heavy atom. The fraction of sp³-hybridized carbons (Fsp3) is 0.455. The van der Waals surface area contributed by atoms with Crippen molar-refractivity contribution < 1.29 is 19.3 Å². The third-order valence-corrected chi connectivity index (χ3v) is 2.11. The average Bonchev–Trinajstić information content (AvgIpc) is 2.26. The van der Waals surface area contributed by atoms with E-state index in [1.807, 2.05) is 0 Å². The summed E-state index contributed by atoms with van der Waals surface area (Å²) < 4.78 is 18.3. The molecule has 0 heterocycles. The Morgan fingerprint density at radius 1 is 1.27 bits per heavy atom. The minimum atomic E-state index is -0.418. The van der Waals surface area contributed by atoms with Gasteiger partial charge in [0.2, 0.25) is 0 Å². The quantitative estimate of drug-likeness (QED) is 0.748. The van der Waals surface area contributed by atoms with E-state index in [4.69, 9.17) is 14.9 Å². The number of rotatable bonds is 6. The lowest BCUT2D eigenvalue weighted by Gasteiger charge is -2.14. The molecule has 84 valence electrons. The van der Waals surface area contributed by atoms with Gasteiger partial charge in [-0.3, -0.25) is 0 Å². The molecule has 0 radical (unpaired) electrons. The van der Waals surface area contributed by atoms with Crippen LogP contribution in [0.15, 0.2) is 24.3 Å². The molecule has 0 spiro atoms. The van der Waals surface area contributed by atoms with Crippen molar-refractivity contribution in [1.82, 2.24) is 0 Å². The number of hydrogen-bond donors (Lipinski definition) is 2. The van der Waals surface area contributed by atoms with Crippen LogP contribution in [0.5, 0.6) is 5.75 Å². The minimum absolute atomic E-state index is 0.00808. The van der Waals surface area contributed by atoms with Gasteiger partial charge >= 0.3 is 0 Å². The molecule has 0 saturated carbocycles. The normalized spacial score (nSPS) is 12.5. The van der Waals surface area contributed by atoms with Gasteiger partial charge in [-0.2, -0.15) is 0 Å². The molecule has 1 aromatic rings. The highest BCUT2D eigenvalue weighted by atomic mass is 19.1. The van der Waals surface area contributed by atoms with E-state index >= 15 is 0 Å². The molecule has 0 fully saturated rings. The Kier molecular flexibility index (Phi) is 5.07. The van der Waals surface area contributed by atoms with Gasteiger partial charge in [0, 0.05) is 19.1 Å². The molecule has 15 heavy (non-hydrogen) atoms. The van der Waals surface area contributed by atoms with Crippen LogP contribution in [0.1, 0.15) is 6.42 Å². The second-order valence-corrected chi connectivity index (χ2v) is 3.30. The van der Waals surface area contributed by atoms with Gasteiger partial charge in [0.1, 0.15) is 0 Å². The first-order valence-electron chi connectivity index (χ1n) is 4.87. The molecule has 1 rings (SSSR count). The van der Waals surface area contributed by atoms with Gasteiger partial charge in [0.25, 0.3) is 0 Å². The molecule has 1 unspecified atom stereocenters. The first kappa shape index (κ1) is 11.9. The fourth-order valence-electron chi connectivity index (χ4n) is 1.18. The Labute approximate surface area is 88.1 Å². The molecule has 4 heteroatoms. The first-order chi connectivity index (χ1) is 7.27. The number of benzene rings is 1. The summed E-state index contributed by atoms with van der Waals surface area (Å²) in [5.74, 6) is -0.401. The van der Waals surface area contributed by atoms with Crippen LogP contribution in [0, 0.1) is 11.7 Å². The highest BCUT2D eigenvalue weighted by Gasteiger charge is 2.09. The summed E-state index contributed by atoms with van der Waals surface area (Å²) in [6, 6.07) is 6.11. The Balaban J connectivity index is 2.45. The summed E-state index contributed by atoms with van der Waals surface area (Å²) in [6.45, 7) is 0.124. The second kappa shape index (κ2) is 6.37. The standard InChI is InChI=1S/C11H15FO3/c12-10-3-1-2-4-11(10)15-8-9(7-14)5-6-13/h1-4,9,13-14H,5-8H2. The lowest BCUT2D eigenvalue weighted by Crippen LogP contribution is -2.17. The van der Waals surface area contributed by atoms with Crippen LogP contribution >= 0.6 is 0 Å². The van der Waals surface area contributed by atoms with Gasteiger partial charge in [-0.05, 0) is 18.6 Å². The van der Waals surface area contributed by atoms with Crippen LogP contribution in [-0.4, -0.2) is 30.0 Å². The van der Waals surface area contributed by atoms with Crippen molar-refractivity contribution in [2.75, 3.05) is 19.8 Å². The summed E-state index contributed by atoms with van der Waals surface area (Å²) in [5, 5.41) is 17.6. The SMILES string of the molecule is OCCC(CO)COc1ccccc1F. The van der Waals surface area contributed by atoms with Gasteiger partial charge in [-0.1, -0.05) is 12.1 Å². The predicted molar refractivity (Wildman–Crippen MR) is 54.2 cm³/mol. The monoisotopic (exact) mass is 214 g/mol. The number of aliphatic hydroxyl groups is 2. The van der Waals surface area contributed by atoms with Gasteiger partial charge in [0.15, 0.2) is 11.6 Å². The molecule has 3 nitrogen and oxygen atoms in total. The summed E-state index contributed by atoms with van der Waals surface area (Å²) in [6.07, 6.45) is 0.449. The summed E-state index contributed by atoms with van der Waals surface area (Å²) >= 11 is 0. The molecule has 0 bridgehead atoms. The van der Waals surface area contributed by atoms with Gasteiger partial charge in [0.05, 0.1) is 6.61 Å². The van der Waals surface area contributed by atoms with Crippen molar-refractivity contribution in [3.05, 3.63) is 30.1 Å². The summed E-state index contributed by atoms with van der Waals surface area (Å²) in [7, 11) is 0. The zero-order valence-electron chi connectivity index (χ0n) is 8.40. The second-order valence-electron chi connectivity index (χ2n) is 3.30. The zero-order valence-corrected chi connectivity index (χ0v) is 8.40.